The number of hydrogen-bond acceptors (Lipinski definition) is 2. The Kier molecular flexibility index (Phi) is 1.92. The second-order valence-electron chi connectivity index (χ2n) is 4.63. The van der Waals surface area contributed by atoms with Gasteiger partial charge >= 0.3 is 0 Å². The van der Waals surface area contributed by atoms with Crippen molar-refractivity contribution in [3.63, 3.8) is 0 Å². The van der Waals surface area contributed by atoms with Gasteiger partial charge in [0, 0.05) is 12.5 Å². The average Bonchev–Trinajstić information content (AvgIpc) is 2.99. The molecule has 1 aromatic rings. The van der Waals surface area contributed by atoms with Crippen LogP contribution in [0.15, 0.2) is 12.1 Å². The van der Waals surface area contributed by atoms with E-state index in [1.54, 1.807) is 0 Å². The topological polar surface area (TPSA) is 43.1 Å². The highest BCUT2D eigenvalue weighted by atomic mass is 19.1. The van der Waals surface area contributed by atoms with Crippen LogP contribution in [0.5, 0.6) is 0 Å². The van der Waals surface area contributed by atoms with E-state index in [0.717, 1.165) is 12.5 Å². The van der Waals surface area contributed by atoms with E-state index in [-0.39, 0.29) is 24.0 Å². The SMILES string of the molecule is N[C@H]1C(=O)Cc2c(F)cc(F)cc2[C@H]2C[C@H]21. The number of hydrogen-bond donors (Lipinski definition) is 1. The molecular weight excluding hydrogens is 212 g/mol. The Balaban J connectivity index is 2.15. The Hall–Kier alpha value is -1.29. The molecule has 2 N–H and O–H groups in total. The second-order valence-corrected chi connectivity index (χ2v) is 4.63. The van der Waals surface area contributed by atoms with Gasteiger partial charge in [0.25, 0.3) is 0 Å². The van der Waals surface area contributed by atoms with Gasteiger partial charge < -0.3 is 5.73 Å². The minimum absolute atomic E-state index is 0.00435. The molecule has 3 rings (SSSR count). The lowest BCUT2D eigenvalue weighted by molar-refractivity contribution is -0.120. The number of carbonyl (C=O) groups excluding carboxylic acids is 1. The molecular formula is C12H11F2NO. The lowest BCUT2D eigenvalue weighted by Crippen LogP contribution is -2.33. The number of ketones is 1. The lowest BCUT2D eigenvalue weighted by atomic mass is 9.99. The van der Waals surface area contributed by atoms with E-state index in [1.165, 1.54) is 6.07 Å². The Bertz CT molecular complexity index is 486. The molecule has 0 amide bonds. The van der Waals surface area contributed by atoms with Crippen LogP contribution in [0.4, 0.5) is 8.78 Å². The van der Waals surface area contributed by atoms with Crippen LogP contribution in [0.1, 0.15) is 23.5 Å². The molecule has 16 heavy (non-hydrogen) atoms. The van der Waals surface area contributed by atoms with Crippen molar-refractivity contribution < 1.29 is 13.6 Å². The van der Waals surface area contributed by atoms with Crippen molar-refractivity contribution in [2.75, 3.05) is 0 Å². The summed E-state index contributed by atoms with van der Waals surface area (Å²) in [5.41, 5.74) is 6.75. The molecule has 2 aliphatic carbocycles. The van der Waals surface area contributed by atoms with Crippen molar-refractivity contribution in [1.29, 1.82) is 0 Å². The molecule has 3 atom stereocenters. The summed E-state index contributed by atoms with van der Waals surface area (Å²) in [6.45, 7) is 0. The molecule has 0 aromatic heterocycles. The first-order chi connectivity index (χ1) is 7.58. The highest BCUT2D eigenvalue weighted by molar-refractivity contribution is 5.88. The zero-order valence-corrected chi connectivity index (χ0v) is 8.54. The summed E-state index contributed by atoms with van der Waals surface area (Å²) in [7, 11) is 0. The first-order valence-electron chi connectivity index (χ1n) is 5.34. The van der Waals surface area contributed by atoms with Gasteiger partial charge in [-0.25, -0.2) is 8.78 Å². The van der Waals surface area contributed by atoms with E-state index in [0.29, 0.717) is 11.1 Å². The number of benzene rings is 1. The maximum Gasteiger partial charge on any atom is 0.154 e. The minimum atomic E-state index is -0.622. The third-order valence-electron chi connectivity index (χ3n) is 3.62. The van der Waals surface area contributed by atoms with Gasteiger partial charge in [-0.05, 0) is 35.4 Å². The third kappa shape index (κ3) is 1.29. The Morgan fingerprint density at radius 3 is 2.81 bits per heavy atom. The van der Waals surface area contributed by atoms with Crippen LogP contribution in [0.2, 0.25) is 0 Å². The molecule has 4 heteroatoms. The molecule has 0 unspecified atom stereocenters. The van der Waals surface area contributed by atoms with Crippen LogP contribution in [-0.4, -0.2) is 11.8 Å². The summed E-state index contributed by atoms with van der Waals surface area (Å²) in [4.78, 5) is 11.7. The van der Waals surface area contributed by atoms with Crippen molar-refractivity contribution in [1.82, 2.24) is 0 Å². The van der Waals surface area contributed by atoms with Gasteiger partial charge in [0.2, 0.25) is 0 Å². The number of fused-ring (bicyclic) bond motifs is 3. The molecule has 0 radical (unpaired) electrons. The quantitative estimate of drug-likeness (QED) is 0.724. The predicted octanol–water partition coefficient (Wildman–Crippen LogP) is 1.52. The van der Waals surface area contributed by atoms with E-state index >= 15 is 0 Å². The fourth-order valence-electron chi connectivity index (χ4n) is 2.64. The molecule has 2 nitrogen and oxygen atoms in total. The van der Waals surface area contributed by atoms with Gasteiger partial charge in [-0.15, -0.1) is 0 Å². The standard InChI is InChI=1S/C12H11F2NO/c13-5-1-6-7-3-9(7)12(15)11(16)4-8(6)10(14)2-5/h1-2,7,9,12H,3-4,15H2/t7-,9-,12-/m1/s1. The van der Waals surface area contributed by atoms with E-state index in [2.05, 4.69) is 0 Å². The number of nitrogens with two attached hydrogens (primary N) is 1. The summed E-state index contributed by atoms with van der Waals surface area (Å²) < 4.78 is 26.7. The zero-order valence-electron chi connectivity index (χ0n) is 8.54. The summed E-state index contributed by atoms with van der Waals surface area (Å²) in [5.74, 6) is -1.19. The number of rotatable bonds is 0. The number of halogens is 2. The van der Waals surface area contributed by atoms with E-state index in [9.17, 15) is 13.6 Å². The molecule has 1 fully saturated rings. The summed E-state index contributed by atoms with van der Waals surface area (Å²) in [6.07, 6.45) is 0.762. The van der Waals surface area contributed by atoms with Crippen LogP contribution >= 0.6 is 0 Å². The third-order valence-corrected chi connectivity index (χ3v) is 3.62. The largest absolute Gasteiger partial charge is 0.321 e. The maximum atomic E-state index is 13.6. The van der Waals surface area contributed by atoms with Crippen molar-refractivity contribution in [2.24, 2.45) is 11.7 Å². The van der Waals surface area contributed by atoms with Crippen LogP contribution in [0.25, 0.3) is 0 Å². The van der Waals surface area contributed by atoms with Gasteiger partial charge in [-0.1, -0.05) is 0 Å². The fourth-order valence-corrected chi connectivity index (χ4v) is 2.64. The van der Waals surface area contributed by atoms with E-state index in [1.807, 2.05) is 0 Å². The maximum absolute atomic E-state index is 13.6. The van der Waals surface area contributed by atoms with Crippen molar-refractivity contribution in [3.05, 3.63) is 34.9 Å². The van der Waals surface area contributed by atoms with Crippen molar-refractivity contribution >= 4 is 5.78 Å². The van der Waals surface area contributed by atoms with Crippen molar-refractivity contribution in [3.8, 4) is 0 Å². The van der Waals surface area contributed by atoms with E-state index in [4.69, 9.17) is 5.73 Å². The molecule has 84 valence electrons. The monoisotopic (exact) mass is 223 g/mol. The highest BCUT2D eigenvalue weighted by Gasteiger charge is 2.48. The molecule has 1 aromatic carbocycles. The average molecular weight is 223 g/mol. The van der Waals surface area contributed by atoms with Crippen LogP contribution in [0.3, 0.4) is 0 Å². The highest BCUT2D eigenvalue weighted by Crippen LogP contribution is 2.52. The van der Waals surface area contributed by atoms with Crippen LogP contribution in [0, 0.1) is 17.6 Å². The van der Waals surface area contributed by atoms with Gasteiger partial charge in [-0.2, -0.15) is 0 Å². The molecule has 0 heterocycles. The fraction of sp³-hybridized carbons (Fsp3) is 0.417. The molecule has 0 aliphatic heterocycles. The van der Waals surface area contributed by atoms with Gasteiger partial charge in [0.1, 0.15) is 11.6 Å². The van der Waals surface area contributed by atoms with Gasteiger partial charge in [-0.3, -0.25) is 4.79 Å². The summed E-state index contributed by atoms with van der Waals surface area (Å²) in [5, 5.41) is 0. The molecule has 0 spiro atoms. The molecule has 0 saturated heterocycles. The van der Waals surface area contributed by atoms with E-state index < -0.39 is 17.7 Å². The van der Waals surface area contributed by atoms with Crippen LogP contribution < -0.4 is 5.73 Å². The Morgan fingerprint density at radius 2 is 2.06 bits per heavy atom. The summed E-state index contributed by atoms with van der Waals surface area (Å²) in [6, 6.07) is 1.66. The minimum Gasteiger partial charge on any atom is -0.321 e. The first kappa shape index (κ1) is 9.90. The van der Waals surface area contributed by atoms with Crippen LogP contribution in [-0.2, 0) is 11.2 Å². The second kappa shape index (κ2) is 3.10. The number of Topliss-reactive ketones (excluding diaryl/α,β-unsaturated/α-hetero) is 1. The number of carbonyl (C=O) groups is 1. The molecule has 0 bridgehead atoms. The normalized spacial score (nSPS) is 31.7. The zero-order chi connectivity index (χ0) is 11.4. The van der Waals surface area contributed by atoms with Crippen molar-refractivity contribution in [2.45, 2.75) is 24.8 Å². The molecule has 2 aliphatic rings. The smallest absolute Gasteiger partial charge is 0.154 e. The van der Waals surface area contributed by atoms with Gasteiger partial charge in [0.05, 0.1) is 6.04 Å². The summed E-state index contributed by atoms with van der Waals surface area (Å²) >= 11 is 0. The predicted molar refractivity (Wildman–Crippen MR) is 53.9 cm³/mol. The first-order valence-corrected chi connectivity index (χ1v) is 5.34. The Labute approximate surface area is 91.4 Å². The Morgan fingerprint density at radius 1 is 1.31 bits per heavy atom. The van der Waals surface area contributed by atoms with Gasteiger partial charge in [0.15, 0.2) is 5.78 Å². The molecule has 1 saturated carbocycles. The lowest BCUT2D eigenvalue weighted by Gasteiger charge is -2.08.